The molecule has 0 radical (unpaired) electrons. The van der Waals surface area contributed by atoms with E-state index in [1.54, 1.807) is 18.6 Å². The van der Waals surface area contributed by atoms with Gasteiger partial charge in [0.05, 0.1) is 28.9 Å². The first kappa shape index (κ1) is 24.0. The highest BCUT2D eigenvalue weighted by molar-refractivity contribution is 7.92. The van der Waals surface area contributed by atoms with E-state index >= 15 is 0 Å². The van der Waals surface area contributed by atoms with Crippen LogP contribution in [0.1, 0.15) is 24.0 Å². The van der Waals surface area contributed by atoms with E-state index in [4.69, 9.17) is 14.3 Å². The fraction of sp³-hybridized carbons (Fsp3) is 0.364. The van der Waals surface area contributed by atoms with E-state index in [-0.39, 0.29) is 11.2 Å². The lowest BCUT2D eigenvalue weighted by Crippen LogP contribution is -2.25. The summed E-state index contributed by atoms with van der Waals surface area (Å²) in [4.78, 5) is 11.6. The zero-order chi connectivity index (χ0) is 24.7. The van der Waals surface area contributed by atoms with Gasteiger partial charge >= 0.3 is 12.1 Å². The summed E-state index contributed by atoms with van der Waals surface area (Å²) in [5.74, 6) is -2.73. The number of alkyl halides is 3. The SMILES string of the molecule is CCn1cc(CN2CC3c4cc(-c5ccoc5)ccc4S(=O)(=O)C3C2)cn1.O=C(O)C(F)(F)F. The normalized spacial score (nSPS) is 20.9. The van der Waals surface area contributed by atoms with Crippen LogP contribution in [0.3, 0.4) is 0 Å². The quantitative estimate of drug-likeness (QED) is 0.588. The Morgan fingerprint density at radius 1 is 1.24 bits per heavy atom. The zero-order valence-electron chi connectivity index (χ0n) is 18.1. The van der Waals surface area contributed by atoms with Crippen LogP contribution in [0.15, 0.2) is 58.5 Å². The summed E-state index contributed by atoms with van der Waals surface area (Å²) in [5.41, 5.74) is 4.05. The zero-order valence-corrected chi connectivity index (χ0v) is 18.9. The van der Waals surface area contributed by atoms with E-state index < -0.39 is 22.0 Å². The van der Waals surface area contributed by atoms with Crippen molar-refractivity contribution in [2.24, 2.45) is 0 Å². The number of furan rings is 1. The minimum atomic E-state index is -5.08. The third-order valence-electron chi connectivity index (χ3n) is 5.97. The standard InChI is InChI=1S/C20H21N3O3S.C2HF3O2/c1-2-23-10-14(8-21-23)9-22-11-18-17-7-15(16-5-6-26-13-16)3-4-19(17)27(24,25)20(18)12-22;3-2(4,5)1(6)7/h3-8,10,13,18,20H,2,9,11-12H2,1H3;(H,6,7). The second kappa shape index (κ2) is 8.91. The van der Waals surface area contributed by atoms with Crippen LogP contribution in [0.2, 0.25) is 0 Å². The van der Waals surface area contributed by atoms with Gasteiger partial charge in [0.15, 0.2) is 9.84 Å². The third-order valence-corrected chi connectivity index (χ3v) is 8.23. The molecule has 5 rings (SSSR count). The van der Waals surface area contributed by atoms with Gasteiger partial charge in [-0.25, -0.2) is 13.2 Å². The average molecular weight is 497 g/mol. The third kappa shape index (κ3) is 4.60. The number of hydrogen-bond donors (Lipinski definition) is 1. The molecule has 2 unspecified atom stereocenters. The number of sulfone groups is 1. The minimum Gasteiger partial charge on any atom is -0.475 e. The molecule has 12 heteroatoms. The van der Waals surface area contributed by atoms with Crippen LogP contribution in [0.25, 0.3) is 11.1 Å². The lowest BCUT2D eigenvalue weighted by molar-refractivity contribution is -0.192. The van der Waals surface area contributed by atoms with Gasteiger partial charge in [-0.15, -0.1) is 0 Å². The fourth-order valence-corrected chi connectivity index (χ4v) is 6.58. The number of carboxylic acids is 1. The van der Waals surface area contributed by atoms with Crippen molar-refractivity contribution in [2.45, 2.75) is 42.3 Å². The average Bonchev–Trinajstić information content (AvgIpc) is 3.56. The molecular weight excluding hydrogens is 475 g/mol. The Balaban J connectivity index is 0.000000344. The highest BCUT2D eigenvalue weighted by atomic mass is 32.2. The molecule has 2 aromatic heterocycles. The first-order valence-electron chi connectivity index (χ1n) is 10.4. The van der Waals surface area contributed by atoms with Gasteiger partial charge in [0.2, 0.25) is 0 Å². The maximum atomic E-state index is 13.1. The maximum absolute atomic E-state index is 13.1. The number of carboxylic acid groups (broad SMARTS) is 1. The van der Waals surface area contributed by atoms with Gasteiger partial charge in [-0.3, -0.25) is 9.58 Å². The molecule has 2 atom stereocenters. The van der Waals surface area contributed by atoms with Crippen molar-refractivity contribution in [1.29, 1.82) is 0 Å². The van der Waals surface area contributed by atoms with E-state index in [9.17, 15) is 21.6 Å². The summed E-state index contributed by atoms with van der Waals surface area (Å²) in [5, 5.41) is 11.1. The van der Waals surface area contributed by atoms with Crippen LogP contribution in [-0.2, 0) is 27.7 Å². The smallest absolute Gasteiger partial charge is 0.475 e. The van der Waals surface area contributed by atoms with Gasteiger partial charge in [-0.1, -0.05) is 6.07 Å². The van der Waals surface area contributed by atoms with Gasteiger partial charge < -0.3 is 9.52 Å². The molecule has 2 aliphatic heterocycles. The van der Waals surface area contributed by atoms with Crippen LogP contribution in [-0.4, -0.2) is 58.7 Å². The Labute approximate surface area is 193 Å². The molecular formula is C22H22F3N3O5S. The molecule has 0 saturated carbocycles. The van der Waals surface area contributed by atoms with Crippen LogP contribution in [0, 0.1) is 0 Å². The first-order chi connectivity index (χ1) is 16.0. The van der Waals surface area contributed by atoms with Gasteiger partial charge in [0.1, 0.15) is 0 Å². The van der Waals surface area contributed by atoms with Gasteiger partial charge in [0, 0.05) is 49.4 Å². The number of aryl methyl sites for hydroxylation is 1. The van der Waals surface area contributed by atoms with Crippen molar-refractivity contribution in [2.75, 3.05) is 13.1 Å². The van der Waals surface area contributed by atoms with Gasteiger partial charge in [-0.05, 0) is 36.2 Å². The molecule has 0 amide bonds. The second-order valence-corrected chi connectivity index (χ2v) is 10.3. The number of rotatable bonds is 4. The van der Waals surface area contributed by atoms with Crippen molar-refractivity contribution in [3.8, 4) is 11.1 Å². The minimum absolute atomic E-state index is 0.0260. The largest absolute Gasteiger partial charge is 0.490 e. The summed E-state index contributed by atoms with van der Waals surface area (Å²) >= 11 is 0. The van der Waals surface area contributed by atoms with Crippen molar-refractivity contribution < 1.29 is 35.9 Å². The number of aromatic nitrogens is 2. The summed E-state index contributed by atoms with van der Waals surface area (Å²) in [6, 6.07) is 7.57. The van der Waals surface area contributed by atoms with Crippen LogP contribution in [0.5, 0.6) is 0 Å². The van der Waals surface area contributed by atoms with Crippen molar-refractivity contribution in [3.63, 3.8) is 0 Å². The molecule has 0 bridgehead atoms. The number of halogens is 3. The number of carbonyl (C=O) groups is 1. The Kier molecular flexibility index (Phi) is 6.30. The number of fused-ring (bicyclic) bond motifs is 3. The van der Waals surface area contributed by atoms with Gasteiger partial charge in [-0.2, -0.15) is 18.3 Å². The number of likely N-dealkylation sites (tertiary alicyclic amines) is 1. The summed E-state index contributed by atoms with van der Waals surface area (Å²) in [6.07, 6.45) is 2.15. The lowest BCUT2D eigenvalue weighted by atomic mass is 9.95. The highest BCUT2D eigenvalue weighted by Crippen LogP contribution is 2.46. The molecule has 8 nitrogen and oxygen atoms in total. The highest BCUT2D eigenvalue weighted by Gasteiger charge is 2.50. The fourth-order valence-electron chi connectivity index (χ4n) is 4.38. The predicted molar refractivity (Wildman–Crippen MR) is 115 cm³/mol. The van der Waals surface area contributed by atoms with E-state index in [2.05, 4.69) is 16.9 Å². The molecule has 182 valence electrons. The second-order valence-electron chi connectivity index (χ2n) is 8.16. The number of hydrogen-bond acceptors (Lipinski definition) is 6. The molecule has 1 aromatic carbocycles. The number of nitrogens with zero attached hydrogens (tertiary/aromatic N) is 3. The summed E-state index contributed by atoms with van der Waals surface area (Å²) in [6.45, 7) is 4.95. The molecule has 3 aromatic rings. The predicted octanol–water partition coefficient (Wildman–Crippen LogP) is 3.55. The van der Waals surface area contributed by atoms with E-state index in [1.165, 1.54) is 0 Å². The Morgan fingerprint density at radius 3 is 2.56 bits per heavy atom. The van der Waals surface area contributed by atoms with E-state index in [0.29, 0.717) is 11.4 Å². The van der Waals surface area contributed by atoms with E-state index in [1.807, 2.05) is 35.3 Å². The Bertz CT molecular complexity index is 1290. The van der Waals surface area contributed by atoms with Crippen molar-refractivity contribution in [3.05, 3.63) is 60.3 Å². The van der Waals surface area contributed by atoms with Crippen LogP contribution < -0.4 is 0 Å². The first-order valence-corrected chi connectivity index (χ1v) is 12.0. The van der Waals surface area contributed by atoms with Crippen molar-refractivity contribution >= 4 is 15.8 Å². The monoisotopic (exact) mass is 497 g/mol. The molecule has 1 saturated heterocycles. The molecule has 34 heavy (non-hydrogen) atoms. The molecule has 4 heterocycles. The number of benzene rings is 1. The topological polar surface area (TPSA) is 106 Å². The summed E-state index contributed by atoms with van der Waals surface area (Å²) < 4.78 is 64.9. The van der Waals surface area contributed by atoms with E-state index in [0.717, 1.165) is 41.9 Å². The molecule has 2 aliphatic rings. The summed E-state index contributed by atoms with van der Waals surface area (Å²) in [7, 11) is -3.28. The van der Waals surface area contributed by atoms with Gasteiger partial charge in [0.25, 0.3) is 0 Å². The molecule has 1 fully saturated rings. The lowest BCUT2D eigenvalue weighted by Gasteiger charge is -2.16. The number of aliphatic carboxylic acids is 1. The Hall–Kier alpha value is -3.12. The molecule has 0 aliphatic carbocycles. The molecule has 0 spiro atoms. The van der Waals surface area contributed by atoms with Crippen molar-refractivity contribution in [1.82, 2.24) is 14.7 Å². The maximum Gasteiger partial charge on any atom is 0.490 e. The Morgan fingerprint density at radius 2 is 1.97 bits per heavy atom. The van der Waals surface area contributed by atoms with Crippen LogP contribution >= 0.6 is 0 Å². The van der Waals surface area contributed by atoms with Crippen LogP contribution in [0.4, 0.5) is 13.2 Å². The molecule has 1 N–H and O–H groups in total.